The van der Waals surface area contributed by atoms with Crippen molar-refractivity contribution < 1.29 is 0 Å². The first-order chi connectivity index (χ1) is 13.3. The fourth-order valence-electron chi connectivity index (χ4n) is 4.33. The minimum atomic E-state index is 0.624. The molecule has 0 fully saturated rings. The lowest BCUT2D eigenvalue weighted by atomic mass is 10.1. The molecule has 1 aliphatic heterocycles. The lowest BCUT2D eigenvalue weighted by molar-refractivity contribution is 0.144. The topological polar surface area (TPSA) is 6.48 Å². The zero-order valence-corrected chi connectivity index (χ0v) is 19.1. The minimum Gasteiger partial charge on any atom is -0.356 e. The Kier molecular flexibility index (Phi) is 15.7. The monoisotopic (exact) mass is 378 g/mol. The molecule has 1 rings (SSSR count). The maximum Gasteiger partial charge on any atom is 0.100 e. The standard InChI is InChI=1S/C25H50N2/c1-4-7-9-11-12-13-14-15-16-18-20-22-27-24-23-26(25(27)6-3)21-19-17-10-8-5-2/h23-25H,4-22H2,1-3H3. The first-order valence-corrected chi connectivity index (χ1v) is 12.5. The molecule has 0 bridgehead atoms. The fourth-order valence-corrected chi connectivity index (χ4v) is 4.33. The van der Waals surface area contributed by atoms with Crippen LogP contribution < -0.4 is 0 Å². The van der Waals surface area contributed by atoms with Crippen molar-refractivity contribution in [3.8, 4) is 0 Å². The van der Waals surface area contributed by atoms with Gasteiger partial charge in [0.2, 0.25) is 0 Å². The predicted molar refractivity (Wildman–Crippen MR) is 122 cm³/mol. The van der Waals surface area contributed by atoms with Crippen LogP contribution in [0.15, 0.2) is 12.4 Å². The van der Waals surface area contributed by atoms with Gasteiger partial charge in [0.05, 0.1) is 0 Å². The molecule has 0 radical (unpaired) electrons. The number of rotatable bonds is 19. The average molecular weight is 379 g/mol. The Labute approximate surface area is 171 Å². The second kappa shape index (κ2) is 17.4. The summed E-state index contributed by atoms with van der Waals surface area (Å²) in [6.45, 7) is 9.43. The SMILES string of the molecule is CCCCCCCCCCCCCN1C=CN(CCCCCCC)C1CC. The third-order valence-corrected chi connectivity index (χ3v) is 6.12. The van der Waals surface area contributed by atoms with Crippen LogP contribution in [0.25, 0.3) is 0 Å². The molecule has 0 N–H and O–H groups in total. The Morgan fingerprint density at radius 1 is 0.481 bits per heavy atom. The molecule has 0 amide bonds. The van der Waals surface area contributed by atoms with Crippen LogP contribution in [-0.2, 0) is 0 Å². The van der Waals surface area contributed by atoms with E-state index in [1.165, 1.54) is 122 Å². The predicted octanol–water partition coefficient (Wildman–Crippen LogP) is 8.09. The molecule has 27 heavy (non-hydrogen) atoms. The van der Waals surface area contributed by atoms with Crippen molar-refractivity contribution >= 4 is 0 Å². The van der Waals surface area contributed by atoms with Crippen LogP contribution in [0.4, 0.5) is 0 Å². The van der Waals surface area contributed by atoms with Crippen LogP contribution >= 0.6 is 0 Å². The zero-order valence-electron chi connectivity index (χ0n) is 19.1. The van der Waals surface area contributed by atoms with E-state index in [4.69, 9.17) is 0 Å². The molecule has 0 aromatic heterocycles. The van der Waals surface area contributed by atoms with Gasteiger partial charge in [0.1, 0.15) is 6.17 Å². The van der Waals surface area contributed by atoms with E-state index in [2.05, 4.69) is 43.0 Å². The van der Waals surface area contributed by atoms with Gasteiger partial charge in [0, 0.05) is 25.5 Å². The Bertz CT molecular complexity index is 339. The summed E-state index contributed by atoms with van der Waals surface area (Å²) in [4.78, 5) is 5.18. The number of hydrogen-bond acceptors (Lipinski definition) is 2. The third kappa shape index (κ3) is 11.7. The third-order valence-electron chi connectivity index (χ3n) is 6.12. The molecule has 0 aromatic rings. The highest BCUT2D eigenvalue weighted by molar-refractivity contribution is 4.96. The summed E-state index contributed by atoms with van der Waals surface area (Å²) in [5.74, 6) is 0. The Balaban J connectivity index is 1.99. The second-order valence-corrected chi connectivity index (χ2v) is 8.61. The molecule has 0 spiro atoms. The summed E-state index contributed by atoms with van der Waals surface area (Å²) in [6, 6.07) is 0. The minimum absolute atomic E-state index is 0.624. The Morgan fingerprint density at radius 2 is 0.815 bits per heavy atom. The van der Waals surface area contributed by atoms with Crippen molar-refractivity contribution in [3.05, 3.63) is 12.4 Å². The van der Waals surface area contributed by atoms with Gasteiger partial charge in [-0.1, -0.05) is 111 Å². The fraction of sp³-hybridized carbons (Fsp3) is 0.920. The summed E-state index contributed by atoms with van der Waals surface area (Å²) < 4.78 is 0. The average Bonchev–Trinajstić information content (AvgIpc) is 3.07. The first kappa shape index (κ1) is 24.4. The number of nitrogens with zero attached hydrogens (tertiary/aromatic N) is 2. The molecule has 0 saturated heterocycles. The van der Waals surface area contributed by atoms with Gasteiger partial charge < -0.3 is 9.80 Å². The van der Waals surface area contributed by atoms with Gasteiger partial charge in [-0.25, -0.2) is 0 Å². The van der Waals surface area contributed by atoms with Crippen molar-refractivity contribution in [1.82, 2.24) is 9.80 Å². The summed E-state index contributed by atoms with van der Waals surface area (Å²) >= 11 is 0. The smallest absolute Gasteiger partial charge is 0.100 e. The van der Waals surface area contributed by atoms with Gasteiger partial charge in [-0.15, -0.1) is 0 Å². The van der Waals surface area contributed by atoms with Gasteiger partial charge in [-0.05, 0) is 19.3 Å². The maximum atomic E-state index is 2.60. The van der Waals surface area contributed by atoms with Crippen LogP contribution in [0.5, 0.6) is 0 Å². The second-order valence-electron chi connectivity index (χ2n) is 8.61. The normalized spacial score (nSPS) is 16.6. The molecule has 0 aromatic carbocycles. The van der Waals surface area contributed by atoms with Crippen molar-refractivity contribution in [2.24, 2.45) is 0 Å². The molecule has 1 aliphatic rings. The van der Waals surface area contributed by atoms with E-state index in [0.29, 0.717) is 6.17 Å². The molecule has 1 atom stereocenters. The van der Waals surface area contributed by atoms with E-state index < -0.39 is 0 Å². The summed E-state index contributed by atoms with van der Waals surface area (Å²) in [6.07, 6.45) is 29.2. The van der Waals surface area contributed by atoms with Crippen LogP contribution in [0.1, 0.15) is 130 Å². The largest absolute Gasteiger partial charge is 0.356 e. The maximum absolute atomic E-state index is 2.60. The van der Waals surface area contributed by atoms with Crippen LogP contribution in [-0.4, -0.2) is 29.1 Å². The number of hydrogen-bond donors (Lipinski definition) is 0. The lowest BCUT2D eigenvalue weighted by Gasteiger charge is -2.32. The molecule has 1 unspecified atom stereocenters. The van der Waals surface area contributed by atoms with Crippen LogP contribution in [0.2, 0.25) is 0 Å². The molecule has 1 heterocycles. The van der Waals surface area contributed by atoms with Gasteiger partial charge in [-0.2, -0.15) is 0 Å². The van der Waals surface area contributed by atoms with Gasteiger partial charge in [0.15, 0.2) is 0 Å². The highest BCUT2D eigenvalue weighted by Gasteiger charge is 2.23. The lowest BCUT2D eigenvalue weighted by Crippen LogP contribution is -2.38. The van der Waals surface area contributed by atoms with Crippen LogP contribution in [0.3, 0.4) is 0 Å². The molecule has 2 heteroatoms. The van der Waals surface area contributed by atoms with Gasteiger partial charge in [-0.3, -0.25) is 0 Å². The molecule has 2 nitrogen and oxygen atoms in total. The number of unbranched alkanes of at least 4 members (excludes halogenated alkanes) is 14. The van der Waals surface area contributed by atoms with E-state index >= 15 is 0 Å². The summed E-state index contributed by atoms with van der Waals surface area (Å²) in [5.41, 5.74) is 0. The van der Waals surface area contributed by atoms with E-state index in [9.17, 15) is 0 Å². The van der Waals surface area contributed by atoms with E-state index in [1.807, 2.05) is 0 Å². The Hall–Kier alpha value is -0.660. The molecule has 160 valence electrons. The summed E-state index contributed by atoms with van der Waals surface area (Å²) in [7, 11) is 0. The van der Waals surface area contributed by atoms with E-state index in [0.717, 1.165) is 0 Å². The van der Waals surface area contributed by atoms with E-state index in [1.54, 1.807) is 0 Å². The quantitative estimate of drug-likeness (QED) is 0.209. The van der Waals surface area contributed by atoms with Crippen molar-refractivity contribution in [3.63, 3.8) is 0 Å². The van der Waals surface area contributed by atoms with Gasteiger partial charge >= 0.3 is 0 Å². The first-order valence-electron chi connectivity index (χ1n) is 12.5. The van der Waals surface area contributed by atoms with Gasteiger partial charge in [0.25, 0.3) is 0 Å². The van der Waals surface area contributed by atoms with E-state index in [-0.39, 0.29) is 0 Å². The van der Waals surface area contributed by atoms with Crippen molar-refractivity contribution in [1.29, 1.82) is 0 Å². The molecular weight excluding hydrogens is 328 g/mol. The zero-order chi connectivity index (χ0) is 19.6. The summed E-state index contributed by atoms with van der Waals surface area (Å²) in [5, 5.41) is 0. The highest BCUT2D eigenvalue weighted by Crippen LogP contribution is 2.21. The van der Waals surface area contributed by atoms with Crippen molar-refractivity contribution in [2.45, 2.75) is 136 Å². The molecule has 0 saturated carbocycles. The van der Waals surface area contributed by atoms with Crippen LogP contribution in [0, 0.1) is 0 Å². The molecular formula is C25H50N2. The molecule has 0 aliphatic carbocycles. The van der Waals surface area contributed by atoms with Crippen molar-refractivity contribution in [2.75, 3.05) is 13.1 Å². The Morgan fingerprint density at radius 3 is 1.15 bits per heavy atom. The highest BCUT2D eigenvalue weighted by atomic mass is 15.4.